The molecule has 0 aliphatic rings. The standard InChI is InChI=1S/C15H22O5/c1-2-20-15(17)14-5-3-4-13(12-14)6-8-18-10-11-19-9-7-16/h3-5,12,16H,2,6-11H2,1H3. The highest BCUT2D eigenvalue weighted by Gasteiger charge is 2.06. The number of carbonyl (C=O) groups excluding carboxylic acids is 1. The Morgan fingerprint density at radius 1 is 1.15 bits per heavy atom. The number of hydrogen-bond acceptors (Lipinski definition) is 5. The summed E-state index contributed by atoms with van der Waals surface area (Å²) in [5.41, 5.74) is 1.60. The molecule has 0 aromatic heterocycles. The quantitative estimate of drug-likeness (QED) is 0.519. The van der Waals surface area contributed by atoms with Gasteiger partial charge in [0.1, 0.15) is 0 Å². The van der Waals surface area contributed by atoms with Crippen LogP contribution in [0.25, 0.3) is 0 Å². The van der Waals surface area contributed by atoms with Gasteiger partial charge in [0.25, 0.3) is 0 Å². The van der Waals surface area contributed by atoms with Crippen molar-refractivity contribution in [3.63, 3.8) is 0 Å². The lowest BCUT2D eigenvalue weighted by molar-refractivity contribution is 0.0340. The molecule has 5 nitrogen and oxygen atoms in total. The maximum absolute atomic E-state index is 11.6. The third kappa shape index (κ3) is 6.65. The van der Waals surface area contributed by atoms with E-state index >= 15 is 0 Å². The first-order chi connectivity index (χ1) is 9.77. The van der Waals surface area contributed by atoms with Crippen LogP contribution in [-0.2, 0) is 20.6 Å². The average molecular weight is 282 g/mol. The molecule has 1 N–H and O–H groups in total. The lowest BCUT2D eigenvalue weighted by atomic mass is 10.1. The van der Waals surface area contributed by atoms with Crippen LogP contribution in [0.2, 0.25) is 0 Å². The molecule has 0 aliphatic carbocycles. The number of carbonyl (C=O) groups is 1. The molecule has 0 heterocycles. The molecule has 0 aliphatic heterocycles. The van der Waals surface area contributed by atoms with Gasteiger partial charge in [-0.1, -0.05) is 12.1 Å². The maximum atomic E-state index is 11.6. The van der Waals surface area contributed by atoms with Crippen LogP contribution in [0.4, 0.5) is 0 Å². The Labute approximate surface area is 119 Å². The number of benzene rings is 1. The van der Waals surface area contributed by atoms with Crippen molar-refractivity contribution in [1.82, 2.24) is 0 Å². The number of hydrogen-bond donors (Lipinski definition) is 1. The molecule has 20 heavy (non-hydrogen) atoms. The van der Waals surface area contributed by atoms with Gasteiger partial charge in [-0.3, -0.25) is 0 Å². The van der Waals surface area contributed by atoms with Gasteiger partial charge in [0.2, 0.25) is 0 Å². The molecule has 0 amide bonds. The van der Waals surface area contributed by atoms with Crippen LogP contribution in [0.5, 0.6) is 0 Å². The van der Waals surface area contributed by atoms with Crippen LogP contribution in [0.1, 0.15) is 22.8 Å². The molecule has 0 bridgehead atoms. The number of ether oxygens (including phenoxy) is 3. The largest absolute Gasteiger partial charge is 0.462 e. The van der Waals surface area contributed by atoms with Gasteiger partial charge in [-0.2, -0.15) is 0 Å². The molecule has 0 saturated heterocycles. The fraction of sp³-hybridized carbons (Fsp3) is 0.533. The van der Waals surface area contributed by atoms with Gasteiger partial charge < -0.3 is 19.3 Å². The van der Waals surface area contributed by atoms with Crippen molar-refractivity contribution < 1.29 is 24.1 Å². The zero-order valence-corrected chi connectivity index (χ0v) is 11.8. The van der Waals surface area contributed by atoms with Crippen molar-refractivity contribution in [1.29, 1.82) is 0 Å². The number of aliphatic hydroxyl groups is 1. The molecule has 0 spiro atoms. The molecule has 1 aromatic rings. The summed E-state index contributed by atoms with van der Waals surface area (Å²) in [6.07, 6.45) is 0.729. The molecular formula is C15H22O5. The monoisotopic (exact) mass is 282 g/mol. The van der Waals surface area contributed by atoms with Gasteiger partial charge in [-0.25, -0.2) is 4.79 Å². The van der Waals surface area contributed by atoms with Crippen LogP contribution in [-0.4, -0.2) is 50.7 Å². The second-order valence-corrected chi connectivity index (χ2v) is 4.12. The highest BCUT2D eigenvalue weighted by atomic mass is 16.5. The molecule has 1 aromatic carbocycles. The van der Waals surface area contributed by atoms with E-state index in [1.54, 1.807) is 13.0 Å². The third-order valence-electron chi connectivity index (χ3n) is 2.58. The molecule has 0 radical (unpaired) electrons. The first-order valence-corrected chi connectivity index (χ1v) is 6.80. The predicted octanol–water partition coefficient (Wildman–Crippen LogP) is 1.43. The molecular weight excluding hydrogens is 260 g/mol. The number of esters is 1. The van der Waals surface area contributed by atoms with E-state index in [0.717, 1.165) is 12.0 Å². The minimum atomic E-state index is -0.298. The van der Waals surface area contributed by atoms with Crippen LogP contribution in [0, 0.1) is 0 Å². The van der Waals surface area contributed by atoms with E-state index in [-0.39, 0.29) is 12.6 Å². The highest BCUT2D eigenvalue weighted by molar-refractivity contribution is 5.89. The second kappa shape index (κ2) is 10.4. The molecule has 0 saturated carbocycles. The van der Waals surface area contributed by atoms with Gasteiger partial charge in [0.05, 0.1) is 45.2 Å². The minimum Gasteiger partial charge on any atom is -0.462 e. The zero-order chi connectivity index (χ0) is 14.6. The maximum Gasteiger partial charge on any atom is 0.338 e. The normalized spacial score (nSPS) is 10.5. The Hall–Kier alpha value is -1.43. The summed E-state index contributed by atoms with van der Waals surface area (Å²) in [7, 11) is 0. The number of aliphatic hydroxyl groups excluding tert-OH is 1. The third-order valence-corrected chi connectivity index (χ3v) is 2.58. The lowest BCUT2D eigenvalue weighted by Crippen LogP contribution is -2.09. The van der Waals surface area contributed by atoms with E-state index in [2.05, 4.69) is 0 Å². The van der Waals surface area contributed by atoms with Gasteiger partial charge in [0.15, 0.2) is 0 Å². The minimum absolute atomic E-state index is 0.0284. The first kappa shape index (κ1) is 16.6. The van der Waals surface area contributed by atoms with E-state index in [1.807, 2.05) is 18.2 Å². The van der Waals surface area contributed by atoms with Crippen LogP contribution >= 0.6 is 0 Å². The summed E-state index contributed by atoms with van der Waals surface area (Å²) >= 11 is 0. The topological polar surface area (TPSA) is 65.0 Å². The summed E-state index contributed by atoms with van der Waals surface area (Å²) in [5.74, 6) is -0.298. The lowest BCUT2D eigenvalue weighted by Gasteiger charge is -2.06. The van der Waals surface area contributed by atoms with Gasteiger partial charge >= 0.3 is 5.97 Å². The Kier molecular flexibility index (Phi) is 8.62. The fourth-order valence-corrected chi connectivity index (χ4v) is 1.64. The summed E-state index contributed by atoms with van der Waals surface area (Å²) in [6, 6.07) is 7.36. The van der Waals surface area contributed by atoms with Crippen molar-refractivity contribution in [2.24, 2.45) is 0 Å². The summed E-state index contributed by atoms with van der Waals surface area (Å²) in [4.78, 5) is 11.6. The summed E-state index contributed by atoms with van der Waals surface area (Å²) in [6.45, 7) is 4.07. The van der Waals surface area contributed by atoms with Crippen LogP contribution < -0.4 is 0 Å². The first-order valence-electron chi connectivity index (χ1n) is 6.80. The molecule has 0 atom stereocenters. The van der Waals surface area contributed by atoms with Crippen molar-refractivity contribution in [2.75, 3.05) is 39.6 Å². The highest BCUT2D eigenvalue weighted by Crippen LogP contribution is 2.08. The Balaban J connectivity index is 2.26. The number of rotatable bonds is 10. The summed E-state index contributed by atoms with van der Waals surface area (Å²) < 4.78 is 15.4. The Morgan fingerprint density at radius 3 is 2.60 bits per heavy atom. The van der Waals surface area contributed by atoms with E-state index in [1.165, 1.54) is 0 Å². The molecule has 0 unspecified atom stereocenters. The molecule has 1 rings (SSSR count). The molecule has 112 valence electrons. The van der Waals surface area contributed by atoms with Gasteiger partial charge in [-0.15, -0.1) is 0 Å². The van der Waals surface area contributed by atoms with E-state index in [9.17, 15) is 4.79 Å². The van der Waals surface area contributed by atoms with Crippen LogP contribution in [0.15, 0.2) is 24.3 Å². The van der Waals surface area contributed by atoms with Crippen molar-refractivity contribution in [3.05, 3.63) is 35.4 Å². The van der Waals surface area contributed by atoms with Crippen molar-refractivity contribution in [2.45, 2.75) is 13.3 Å². The molecule has 5 heteroatoms. The Morgan fingerprint density at radius 2 is 1.90 bits per heavy atom. The molecule has 0 fully saturated rings. The van der Waals surface area contributed by atoms with Crippen LogP contribution in [0.3, 0.4) is 0 Å². The van der Waals surface area contributed by atoms with E-state index < -0.39 is 0 Å². The van der Waals surface area contributed by atoms with Crippen molar-refractivity contribution in [3.8, 4) is 0 Å². The van der Waals surface area contributed by atoms with Gasteiger partial charge in [0, 0.05) is 0 Å². The van der Waals surface area contributed by atoms with E-state index in [4.69, 9.17) is 19.3 Å². The Bertz CT molecular complexity index is 392. The van der Waals surface area contributed by atoms with Crippen molar-refractivity contribution >= 4 is 5.97 Å². The predicted molar refractivity (Wildman–Crippen MR) is 74.8 cm³/mol. The smallest absolute Gasteiger partial charge is 0.338 e. The van der Waals surface area contributed by atoms with Gasteiger partial charge in [-0.05, 0) is 31.0 Å². The summed E-state index contributed by atoms with van der Waals surface area (Å²) in [5, 5.41) is 8.52. The average Bonchev–Trinajstić information content (AvgIpc) is 2.47. The zero-order valence-electron chi connectivity index (χ0n) is 11.8. The SMILES string of the molecule is CCOC(=O)c1cccc(CCOCCOCCO)c1. The van der Waals surface area contributed by atoms with E-state index in [0.29, 0.717) is 38.6 Å². The second-order valence-electron chi connectivity index (χ2n) is 4.12. The fourth-order valence-electron chi connectivity index (χ4n) is 1.64.